The molecule has 0 saturated heterocycles. The number of carbonyl (C=O) groups excluding carboxylic acids is 1. The summed E-state index contributed by atoms with van der Waals surface area (Å²) < 4.78 is 5.50. The zero-order chi connectivity index (χ0) is 12.1. The smallest absolute Gasteiger partial charge is 0.235 e. The van der Waals surface area contributed by atoms with Crippen molar-refractivity contribution in [3.05, 3.63) is 0 Å². The molecule has 1 saturated carbocycles. The lowest BCUT2D eigenvalue weighted by Crippen LogP contribution is -2.38. The number of hydrogen-bond acceptors (Lipinski definition) is 3. The third kappa shape index (κ3) is 4.74. The van der Waals surface area contributed by atoms with Gasteiger partial charge in [0.1, 0.15) is 0 Å². The molecule has 1 fully saturated rings. The molecule has 1 atom stereocenters. The molecule has 0 aliphatic heterocycles. The number of rotatable bonds is 7. The minimum atomic E-state index is -0.201. The van der Waals surface area contributed by atoms with E-state index in [1.807, 2.05) is 20.9 Å². The maximum Gasteiger partial charge on any atom is 0.235 e. The van der Waals surface area contributed by atoms with Gasteiger partial charge in [-0.05, 0) is 24.7 Å². The third-order valence-corrected chi connectivity index (χ3v) is 3.70. The number of hydrogen-bond donors (Lipinski definition) is 1. The molecule has 1 amide bonds. The number of nitrogens with zero attached hydrogens (tertiary/aromatic N) is 1. The molecule has 1 aliphatic rings. The van der Waals surface area contributed by atoms with Gasteiger partial charge in [-0.2, -0.15) is 12.6 Å². The molecule has 1 rings (SSSR count). The summed E-state index contributed by atoms with van der Waals surface area (Å²) in [5, 5.41) is -0.201. The van der Waals surface area contributed by atoms with E-state index in [0.29, 0.717) is 13.2 Å². The molecular formula is C12H23NO2S. The molecule has 94 valence electrons. The van der Waals surface area contributed by atoms with Gasteiger partial charge in [-0.25, -0.2) is 0 Å². The zero-order valence-corrected chi connectivity index (χ0v) is 11.4. The van der Waals surface area contributed by atoms with Crippen LogP contribution in [0.25, 0.3) is 0 Å². The van der Waals surface area contributed by atoms with Gasteiger partial charge in [0, 0.05) is 20.2 Å². The van der Waals surface area contributed by atoms with Crippen LogP contribution in [-0.4, -0.2) is 42.9 Å². The lowest BCUT2D eigenvalue weighted by atomic mass is 10.1. The highest BCUT2D eigenvalue weighted by molar-refractivity contribution is 7.81. The molecule has 1 unspecified atom stereocenters. The van der Waals surface area contributed by atoms with Crippen LogP contribution < -0.4 is 0 Å². The van der Waals surface area contributed by atoms with E-state index >= 15 is 0 Å². The van der Waals surface area contributed by atoms with Crippen molar-refractivity contribution in [1.82, 2.24) is 4.90 Å². The van der Waals surface area contributed by atoms with Crippen LogP contribution >= 0.6 is 12.6 Å². The fourth-order valence-electron chi connectivity index (χ4n) is 1.36. The average Bonchev–Trinajstić information content (AvgIpc) is 3.05. The van der Waals surface area contributed by atoms with Gasteiger partial charge in [0.25, 0.3) is 0 Å². The normalized spacial score (nSPS) is 17.6. The van der Waals surface area contributed by atoms with Crippen LogP contribution in [0.3, 0.4) is 0 Å². The van der Waals surface area contributed by atoms with Crippen molar-refractivity contribution in [2.24, 2.45) is 11.8 Å². The van der Waals surface area contributed by atoms with Crippen LogP contribution in [0, 0.1) is 11.8 Å². The van der Waals surface area contributed by atoms with Crippen LogP contribution in [0.5, 0.6) is 0 Å². The van der Waals surface area contributed by atoms with Gasteiger partial charge in [-0.1, -0.05) is 13.8 Å². The first kappa shape index (κ1) is 13.8. The topological polar surface area (TPSA) is 29.5 Å². The second-order valence-electron chi connectivity index (χ2n) is 4.97. The Morgan fingerprint density at radius 2 is 2.12 bits per heavy atom. The Bertz CT molecular complexity index is 229. The van der Waals surface area contributed by atoms with Crippen molar-refractivity contribution in [3.8, 4) is 0 Å². The van der Waals surface area contributed by atoms with Crippen LogP contribution in [-0.2, 0) is 9.53 Å². The summed E-state index contributed by atoms with van der Waals surface area (Å²) >= 11 is 4.31. The van der Waals surface area contributed by atoms with E-state index < -0.39 is 0 Å². The van der Waals surface area contributed by atoms with Crippen molar-refractivity contribution in [2.45, 2.75) is 31.9 Å². The largest absolute Gasteiger partial charge is 0.379 e. The molecule has 0 bridgehead atoms. The summed E-state index contributed by atoms with van der Waals surface area (Å²) in [6.45, 7) is 6.17. The summed E-state index contributed by atoms with van der Waals surface area (Å²) in [5.41, 5.74) is 0. The predicted molar refractivity (Wildman–Crippen MR) is 68.8 cm³/mol. The summed E-state index contributed by atoms with van der Waals surface area (Å²) in [6, 6.07) is 0. The minimum absolute atomic E-state index is 0.0911. The molecule has 0 radical (unpaired) electrons. The van der Waals surface area contributed by atoms with Crippen molar-refractivity contribution in [2.75, 3.05) is 26.8 Å². The summed E-state index contributed by atoms with van der Waals surface area (Å²) in [6.07, 6.45) is 2.61. The number of likely N-dealkylation sites (N-methyl/N-ethyl adjacent to an activating group) is 1. The maximum absolute atomic E-state index is 11.8. The van der Waals surface area contributed by atoms with Gasteiger partial charge in [0.2, 0.25) is 5.91 Å². The van der Waals surface area contributed by atoms with Gasteiger partial charge >= 0.3 is 0 Å². The summed E-state index contributed by atoms with van der Waals surface area (Å²) in [4.78, 5) is 13.5. The molecular weight excluding hydrogens is 222 g/mol. The van der Waals surface area contributed by atoms with E-state index in [0.717, 1.165) is 12.5 Å². The van der Waals surface area contributed by atoms with Crippen molar-refractivity contribution in [3.63, 3.8) is 0 Å². The second-order valence-corrected chi connectivity index (χ2v) is 5.52. The molecule has 4 heteroatoms. The Labute approximate surface area is 104 Å². The zero-order valence-electron chi connectivity index (χ0n) is 10.5. The number of carbonyl (C=O) groups is 1. The van der Waals surface area contributed by atoms with Crippen molar-refractivity contribution in [1.29, 1.82) is 0 Å². The van der Waals surface area contributed by atoms with E-state index in [4.69, 9.17) is 4.74 Å². The van der Waals surface area contributed by atoms with Gasteiger partial charge < -0.3 is 9.64 Å². The van der Waals surface area contributed by atoms with Crippen LogP contribution in [0.1, 0.15) is 26.7 Å². The molecule has 0 heterocycles. The first-order valence-electron chi connectivity index (χ1n) is 6.03. The highest BCUT2D eigenvalue weighted by Gasteiger charge is 2.22. The van der Waals surface area contributed by atoms with E-state index in [1.165, 1.54) is 12.8 Å². The third-order valence-electron chi connectivity index (χ3n) is 2.88. The van der Waals surface area contributed by atoms with E-state index in [2.05, 4.69) is 12.6 Å². The first-order chi connectivity index (χ1) is 7.52. The standard InChI is InChI=1S/C12H23NO2S/c1-9(2)11(16)12(14)13(3)6-7-15-8-10-4-5-10/h9-11,16H,4-8H2,1-3H3. The Hall–Kier alpha value is -0.220. The Morgan fingerprint density at radius 3 is 2.62 bits per heavy atom. The number of ether oxygens (including phenoxy) is 1. The maximum atomic E-state index is 11.8. The monoisotopic (exact) mass is 245 g/mol. The summed E-state index contributed by atoms with van der Waals surface area (Å²) in [7, 11) is 1.81. The second kappa shape index (κ2) is 6.50. The highest BCUT2D eigenvalue weighted by atomic mass is 32.1. The van der Waals surface area contributed by atoms with Crippen LogP contribution in [0.2, 0.25) is 0 Å². The quantitative estimate of drug-likeness (QED) is 0.548. The fourth-order valence-corrected chi connectivity index (χ4v) is 1.55. The molecule has 0 spiro atoms. The van der Waals surface area contributed by atoms with Gasteiger partial charge in [0.05, 0.1) is 11.9 Å². The van der Waals surface area contributed by atoms with Crippen molar-refractivity contribution < 1.29 is 9.53 Å². The minimum Gasteiger partial charge on any atom is -0.379 e. The fraction of sp³-hybridized carbons (Fsp3) is 0.917. The Kier molecular flexibility index (Phi) is 5.62. The molecule has 3 nitrogen and oxygen atoms in total. The number of thiol groups is 1. The molecule has 0 aromatic carbocycles. The average molecular weight is 245 g/mol. The van der Waals surface area contributed by atoms with Gasteiger partial charge in [0.15, 0.2) is 0 Å². The Balaban J connectivity index is 2.11. The summed E-state index contributed by atoms with van der Waals surface area (Å²) in [5.74, 6) is 1.15. The van der Waals surface area contributed by atoms with Crippen LogP contribution in [0.15, 0.2) is 0 Å². The van der Waals surface area contributed by atoms with E-state index in [-0.39, 0.29) is 17.1 Å². The molecule has 16 heavy (non-hydrogen) atoms. The van der Waals surface area contributed by atoms with Gasteiger partial charge in [-0.15, -0.1) is 0 Å². The van der Waals surface area contributed by atoms with E-state index in [1.54, 1.807) is 4.90 Å². The van der Waals surface area contributed by atoms with Crippen LogP contribution in [0.4, 0.5) is 0 Å². The number of amides is 1. The Morgan fingerprint density at radius 1 is 1.50 bits per heavy atom. The molecule has 1 aliphatic carbocycles. The molecule has 0 aromatic heterocycles. The molecule has 0 N–H and O–H groups in total. The lowest BCUT2D eigenvalue weighted by Gasteiger charge is -2.22. The molecule has 0 aromatic rings. The first-order valence-corrected chi connectivity index (χ1v) is 6.54. The van der Waals surface area contributed by atoms with Gasteiger partial charge in [-0.3, -0.25) is 4.79 Å². The highest BCUT2D eigenvalue weighted by Crippen LogP contribution is 2.28. The lowest BCUT2D eigenvalue weighted by molar-refractivity contribution is -0.130. The van der Waals surface area contributed by atoms with E-state index in [9.17, 15) is 4.79 Å². The predicted octanol–water partition coefficient (Wildman–Crippen LogP) is 1.83. The SMILES string of the molecule is CC(C)C(S)C(=O)N(C)CCOCC1CC1. The van der Waals surface area contributed by atoms with Crippen molar-refractivity contribution >= 4 is 18.5 Å².